The van der Waals surface area contributed by atoms with E-state index in [2.05, 4.69) is 94.4 Å². The van der Waals surface area contributed by atoms with Crippen LogP contribution in [-0.4, -0.2) is 8.32 Å². The second kappa shape index (κ2) is 8.88. The number of allylic oxidation sites excluding steroid dienone is 1. The summed E-state index contributed by atoms with van der Waals surface area (Å²) in [5, 5.41) is 0. The minimum Gasteiger partial charge on any atom is -0.543 e. The fourth-order valence-corrected chi connectivity index (χ4v) is 5.66. The molecule has 0 aliphatic carbocycles. The van der Waals surface area contributed by atoms with Gasteiger partial charge >= 0.3 is 0 Å². The zero-order chi connectivity index (χ0) is 17.4. The Balaban J connectivity index is 2.38. The summed E-state index contributed by atoms with van der Waals surface area (Å²) in [6.45, 7) is 9.09. The highest BCUT2D eigenvalue weighted by Gasteiger charge is 2.31. The fraction of sp³-hybridized carbons (Fsp3) is 0.364. The van der Waals surface area contributed by atoms with Crippen molar-refractivity contribution in [3.8, 4) is 0 Å². The molecular formula is C22H30OSi. The van der Waals surface area contributed by atoms with Crippen LogP contribution in [0.1, 0.15) is 44.7 Å². The van der Waals surface area contributed by atoms with Gasteiger partial charge in [-0.3, -0.25) is 0 Å². The number of hydrogen-bond donors (Lipinski definition) is 0. The van der Waals surface area contributed by atoms with Gasteiger partial charge in [-0.05, 0) is 29.8 Å². The molecule has 2 aromatic carbocycles. The van der Waals surface area contributed by atoms with Crippen LogP contribution >= 0.6 is 0 Å². The predicted molar refractivity (Wildman–Crippen MR) is 108 cm³/mol. The molecule has 0 N–H and O–H groups in total. The van der Waals surface area contributed by atoms with Crippen LogP contribution in [0.3, 0.4) is 0 Å². The van der Waals surface area contributed by atoms with Gasteiger partial charge in [0, 0.05) is 11.5 Å². The first-order chi connectivity index (χ1) is 11.6. The van der Waals surface area contributed by atoms with Crippen LogP contribution in [0, 0.1) is 0 Å². The maximum absolute atomic E-state index is 6.76. The van der Waals surface area contributed by atoms with Gasteiger partial charge in [-0.25, -0.2) is 0 Å². The average molecular weight is 339 g/mol. The lowest BCUT2D eigenvalue weighted by atomic mass is 9.99. The molecule has 2 heteroatoms. The van der Waals surface area contributed by atoms with E-state index in [0.717, 1.165) is 23.9 Å². The van der Waals surface area contributed by atoms with Gasteiger partial charge in [0.1, 0.15) is 5.76 Å². The average Bonchev–Trinajstić information content (AvgIpc) is 2.66. The molecule has 0 fully saturated rings. The molecule has 1 atom stereocenters. The number of benzene rings is 2. The Morgan fingerprint density at radius 1 is 0.875 bits per heavy atom. The van der Waals surface area contributed by atoms with Gasteiger partial charge in [0.2, 0.25) is 8.32 Å². The normalized spacial score (nSPS) is 13.6. The molecule has 0 amide bonds. The fourth-order valence-electron chi connectivity index (χ4n) is 3.07. The summed E-state index contributed by atoms with van der Waals surface area (Å²) in [4.78, 5) is 0. The minimum atomic E-state index is -1.70. The summed E-state index contributed by atoms with van der Waals surface area (Å²) < 4.78 is 6.76. The lowest BCUT2D eigenvalue weighted by Gasteiger charge is -2.31. The molecule has 0 saturated carbocycles. The lowest BCUT2D eigenvalue weighted by molar-refractivity contribution is 0.488. The Morgan fingerprint density at radius 3 is 1.88 bits per heavy atom. The van der Waals surface area contributed by atoms with Crippen LogP contribution in [0.15, 0.2) is 66.7 Å². The third-order valence-electron chi connectivity index (χ3n) is 5.04. The monoisotopic (exact) mass is 338 g/mol. The van der Waals surface area contributed by atoms with Crippen LogP contribution in [0.25, 0.3) is 5.76 Å². The molecule has 0 aliphatic rings. The van der Waals surface area contributed by atoms with Gasteiger partial charge in [-0.1, -0.05) is 88.4 Å². The molecule has 0 bridgehead atoms. The third kappa shape index (κ3) is 4.61. The van der Waals surface area contributed by atoms with E-state index in [1.807, 2.05) is 0 Å². The maximum atomic E-state index is 6.76. The summed E-state index contributed by atoms with van der Waals surface area (Å²) in [6, 6.07) is 24.7. The summed E-state index contributed by atoms with van der Waals surface area (Å²) in [5.74, 6) is 1.39. The molecule has 2 rings (SSSR count). The zero-order valence-corrected chi connectivity index (χ0v) is 16.5. The zero-order valence-electron chi connectivity index (χ0n) is 15.5. The highest BCUT2D eigenvalue weighted by molar-refractivity contribution is 6.74. The van der Waals surface area contributed by atoms with Crippen molar-refractivity contribution >= 4 is 14.1 Å². The van der Waals surface area contributed by atoms with Crippen molar-refractivity contribution in [1.82, 2.24) is 0 Å². The molecule has 1 unspecified atom stereocenters. The highest BCUT2D eigenvalue weighted by atomic mass is 28.4. The van der Waals surface area contributed by atoms with Crippen molar-refractivity contribution in [3.63, 3.8) is 0 Å². The number of rotatable bonds is 8. The van der Waals surface area contributed by atoms with Crippen LogP contribution in [0.2, 0.25) is 18.1 Å². The molecule has 1 nitrogen and oxygen atoms in total. The molecular weight excluding hydrogens is 308 g/mol. The van der Waals surface area contributed by atoms with E-state index in [1.54, 1.807) is 0 Å². The van der Waals surface area contributed by atoms with Gasteiger partial charge < -0.3 is 4.43 Å². The first-order valence-corrected chi connectivity index (χ1v) is 11.7. The third-order valence-corrected chi connectivity index (χ3v) is 9.56. The van der Waals surface area contributed by atoms with E-state index in [0.29, 0.717) is 5.92 Å². The Labute approximate surface area is 148 Å². The quantitative estimate of drug-likeness (QED) is 0.377. The minimum absolute atomic E-state index is 0.332. The van der Waals surface area contributed by atoms with Crippen LogP contribution in [0.5, 0.6) is 0 Å². The van der Waals surface area contributed by atoms with Crippen molar-refractivity contribution < 1.29 is 4.43 Å². The molecule has 0 heterocycles. The van der Waals surface area contributed by atoms with Crippen molar-refractivity contribution in [3.05, 3.63) is 77.9 Å². The van der Waals surface area contributed by atoms with E-state index in [9.17, 15) is 0 Å². The standard InChI is InChI=1S/C22H30OSi/c1-5-24(6-2,7-3)23-22(21-16-12-9-13-17-21)18-19(4)20-14-10-8-11-15-20/h8-19H,5-7H2,1-4H3/b22-18-. The van der Waals surface area contributed by atoms with E-state index in [-0.39, 0.29) is 0 Å². The van der Waals surface area contributed by atoms with Crippen LogP contribution < -0.4 is 0 Å². The molecule has 0 saturated heterocycles. The second-order valence-corrected chi connectivity index (χ2v) is 11.1. The predicted octanol–water partition coefficient (Wildman–Crippen LogP) is 6.85. The molecule has 128 valence electrons. The van der Waals surface area contributed by atoms with Gasteiger partial charge in [0.15, 0.2) is 0 Å². The summed E-state index contributed by atoms with van der Waals surface area (Å²) in [7, 11) is -1.70. The molecule has 24 heavy (non-hydrogen) atoms. The molecule has 2 aromatic rings. The van der Waals surface area contributed by atoms with Crippen molar-refractivity contribution in [2.75, 3.05) is 0 Å². The largest absolute Gasteiger partial charge is 0.543 e. The molecule has 0 aliphatic heterocycles. The van der Waals surface area contributed by atoms with E-state index < -0.39 is 8.32 Å². The Kier molecular flexibility index (Phi) is 6.86. The van der Waals surface area contributed by atoms with Crippen LogP contribution in [0.4, 0.5) is 0 Å². The highest BCUT2D eigenvalue weighted by Crippen LogP contribution is 2.31. The lowest BCUT2D eigenvalue weighted by Crippen LogP contribution is -2.35. The Morgan fingerprint density at radius 2 is 1.38 bits per heavy atom. The number of hydrogen-bond acceptors (Lipinski definition) is 1. The summed E-state index contributed by atoms with van der Waals surface area (Å²) in [5.41, 5.74) is 2.51. The van der Waals surface area contributed by atoms with Crippen molar-refractivity contribution in [2.24, 2.45) is 0 Å². The van der Waals surface area contributed by atoms with Crippen LogP contribution in [-0.2, 0) is 4.43 Å². The first kappa shape index (κ1) is 18.5. The van der Waals surface area contributed by atoms with Crippen molar-refractivity contribution in [1.29, 1.82) is 0 Å². The van der Waals surface area contributed by atoms with Gasteiger partial charge in [-0.2, -0.15) is 0 Å². The van der Waals surface area contributed by atoms with Gasteiger partial charge in [0.25, 0.3) is 0 Å². The maximum Gasteiger partial charge on any atom is 0.250 e. The topological polar surface area (TPSA) is 9.23 Å². The van der Waals surface area contributed by atoms with E-state index >= 15 is 0 Å². The molecule has 0 radical (unpaired) electrons. The Bertz CT molecular complexity index is 621. The SMILES string of the molecule is CC[Si](CC)(CC)O/C(=C\C(C)c1ccccc1)c1ccccc1. The molecule has 0 aromatic heterocycles. The van der Waals surface area contributed by atoms with Gasteiger partial charge in [0.05, 0.1) is 0 Å². The van der Waals surface area contributed by atoms with E-state index in [4.69, 9.17) is 4.43 Å². The summed E-state index contributed by atoms with van der Waals surface area (Å²) in [6.07, 6.45) is 2.30. The second-order valence-electron chi connectivity index (χ2n) is 6.44. The van der Waals surface area contributed by atoms with Gasteiger partial charge in [-0.15, -0.1) is 0 Å². The molecule has 0 spiro atoms. The van der Waals surface area contributed by atoms with E-state index in [1.165, 1.54) is 11.1 Å². The van der Waals surface area contributed by atoms with Crippen molar-refractivity contribution in [2.45, 2.75) is 51.7 Å². The summed E-state index contributed by atoms with van der Waals surface area (Å²) >= 11 is 0. The smallest absolute Gasteiger partial charge is 0.250 e. The Hall–Kier alpha value is -1.80. The first-order valence-electron chi connectivity index (χ1n) is 9.15.